The molecule has 1 saturated carbocycles. The molecule has 0 aromatic heterocycles. The van der Waals surface area contributed by atoms with E-state index in [1.807, 2.05) is 0 Å². The summed E-state index contributed by atoms with van der Waals surface area (Å²) in [6, 6.07) is 6.70. The van der Waals surface area contributed by atoms with Gasteiger partial charge in [-0.2, -0.15) is 0 Å². The Hall–Kier alpha value is -1.37. The summed E-state index contributed by atoms with van der Waals surface area (Å²) in [6.45, 7) is 6.83. The summed E-state index contributed by atoms with van der Waals surface area (Å²) in [4.78, 5) is 13.0. The smallest absolute Gasteiger partial charge is 0.144 e. The topological polar surface area (TPSA) is 17.1 Å². The number of carbonyl (C=O) groups is 1. The molecule has 0 aliphatic heterocycles. The zero-order valence-corrected chi connectivity index (χ0v) is 13.3. The number of fused-ring (bicyclic) bond motifs is 5. The van der Waals surface area contributed by atoms with Crippen molar-refractivity contribution in [2.75, 3.05) is 0 Å². The number of hydrogen-bond donors (Lipinski definition) is 0. The fourth-order valence-corrected chi connectivity index (χ4v) is 5.04. The van der Waals surface area contributed by atoms with E-state index < -0.39 is 0 Å². The molecule has 3 aliphatic rings. The molecule has 1 aromatic carbocycles. The van der Waals surface area contributed by atoms with E-state index in [1.54, 1.807) is 0 Å². The van der Waals surface area contributed by atoms with Crippen molar-refractivity contribution < 1.29 is 4.79 Å². The Morgan fingerprint density at radius 3 is 2.57 bits per heavy atom. The molecule has 3 aliphatic carbocycles. The Labute approximate surface area is 127 Å². The van der Waals surface area contributed by atoms with Crippen LogP contribution in [0.4, 0.5) is 0 Å². The van der Waals surface area contributed by atoms with Crippen molar-refractivity contribution in [1.82, 2.24) is 0 Å². The first kappa shape index (κ1) is 13.3. The van der Waals surface area contributed by atoms with Crippen LogP contribution >= 0.6 is 0 Å². The van der Waals surface area contributed by atoms with Crippen LogP contribution in [0.5, 0.6) is 0 Å². The van der Waals surface area contributed by atoms with Crippen LogP contribution in [0, 0.1) is 11.8 Å². The Morgan fingerprint density at radius 2 is 1.95 bits per heavy atom. The van der Waals surface area contributed by atoms with Crippen molar-refractivity contribution in [1.29, 1.82) is 0 Å². The fraction of sp³-hybridized carbons (Fsp3) is 0.550. The summed E-state index contributed by atoms with van der Waals surface area (Å²) in [5.74, 6) is 1.57. The minimum atomic E-state index is -0.198. The van der Waals surface area contributed by atoms with Crippen LogP contribution < -0.4 is 0 Å². The maximum Gasteiger partial charge on any atom is 0.144 e. The quantitative estimate of drug-likeness (QED) is 0.646. The lowest BCUT2D eigenvalue weighted by Crippen LogP contribution is -2.45. The normalized spacial score (nSPS) is 33.8. The second-order valence-corrected chi connectivity index (χ2v) is 8.18. The maximum absolute atomic E-state index is 13.0. The van der Waals surface area contributed by atoms with Crippen molar-refractivity contribution in [3.05, 3.63) is 47.0 Å². The van der Waals surface area contributed by atoms with Crippen molar-refractivity contribution in [3.63, 3.8) is 0 Å². The van der Waals surface area contributed by atoms with Gasteiger partial charge in [-0.3, -0.25) is 4.79 Å². The van der Waals surface area contributed by atoms with E-state index in [0.717, 1.165) is 19.3 Å². The van der Waals surface area contributed by atoms with Crippen molar-refractivity contribution in [3.8, 4) is 0 Å². The molecule has 1 heteroatoms. The highest BCUT2D eigenvalue weighted by Gasteiger charge is 2.56. The average Bonchev–Trinajstić information content (AvgIpc) is 3.03. The van der Waals surface area contributed by atoms with Gasteiger partial charge in [-0.25, -0.2) is 0 Å². The lowest BCUT2D eigenvalue weighted by Gasteiger charge is -2.43. The molecule has 2 bridgehead atoms. The van der Waals surface area contributed by atoms with E-state index in [2.05, 4.69) is 51.1 Å². The Balaban J connectivity index is 2.00. The van der Waals surface area contributed by atoms with Crippen molar-refractivity contribution >= 4 is 5.78 Å². The Kier molecular flexibility index (Phi) is 2.59. The molecule has 3 unspecified atom stereocenters. The lowest BCUT2D eigenvalue weighted by molar-refractivity contribution is -0.126. The van der Waals surface area contributed by atoms with E-state index in [-0.39, 0.29) is 10.8 Å². The molecule has 0 radical (unpaired) electrons. The van der Waals surface area contributed by atoms with Gasteiger partial charge < -0.3 is 0 Å². The van der Waals surface area contributed by atoms with Crippen LogP contribution in [0.3, 0.4) is 0 Å². The predicted octanol–water partition coefficient (Wildman–Crippen LogP) is 4.33. The zero-order valence-electron chi connectivity index (χ0n) is 13.3. The summed E-state index contributed by atoms with van der Waals surface area (Å²) in [7, 11) is 0. The van der Waals surface area contributed by atoms with E-state index in [4.69, 9.17) is 0 Å². The molecule has 1 fully saturated rings. The van der Waals surface area contributed by atoms with Crippen LogP contribution in [-0.2, 0) is 22.0 Å². The summed E-state index contributed by atoms with van der Waals surface area (Å²) in [6.07, 6.45) is 8.58. The number of benzene rings is 1. The van der Waals surface area contributed by atoms with Gasteiger partial charge >= 0.3 is 0 Å². The van der Waals surface area contributed by atoms with Gasteiger partial charge in [0.25, 0.3) is 0 Å². The van der Waals surface area contributed by atoms with Crippen LogP contribution in [0.15, 0.2) is 30.4 Å². The maximum atomic E-state index is 13.0. The second-order valence-electron chi connectivity index (χ2n) is 8.18. The van der Waals surface area contributed by atoms with Gasteiger partial charge in [0.05, 0.1) is 5.41 Å². The van der Waals surface area contributed by atoms with E-state index in [0.29, 0.717) is 17.6 Å². The van der Waals surface area contributed by atoms with Crippen LogP contribution in [0.1, 0.15) is 56.7 Å². The molecule has 0 heterocycles. The highest BCUT2D eigenvalue weighted by molar-refractivity contribution is 5.94. The third-order valence-electron chi connectivity index (χ3n) is 5.91. The van der Waals surface area contributed by atoms with Gasteiger partial charge in [0.15, 0.2) is 0 Å². The van der Waals surface area contributed by atoms with Gasteiger partial charge in [0.2, 0.25) is 0 Å². The molecule has 0 saturated heterocycles. The molecular formula is C20H24O. The minimum absolute atomic E-state index is 0.0987. The van der Waals surface area contributed by atoms with Crippen molar-refractivity contribution in [2.24, 2.45) is 11.8 Å². The number of ketones is 1. The molecule has 4 rings (SSSR count). The number of carbonyl (C=O) groups excluding carboxylic acids is 1. The van der Waals surface area contributed by atoms with Gasteiger partial charge in [-0.1, -0.05) is 51.1 Å². The zero-order chi connectivity index (χ0) is 14.8. The third kappa shape index (κ3) is 1.66. The van der Waals surface area contributed by atoms with E-state index in [1.165, 1.54) is 23.1 Å². The molecule has 1 spiro atoms. The molecule has 3 atom stereocenters. The van der Waals surface area contributed by atoms with Gasteiger partial charge in [-0.05, 0) is 53.2 Å². The summed E-state index contributed by atoms with van der Waals surface area (Å²) in [5.41, 5.74) is 4.14. The highest BCUT2D eigenvalue weighted by Crippen LogP contribution is 2.58. The molecule has 21 heavy (non-hydrogen) atoms. The Bertz CT molecular complexity index is 646. The summed E-state index contributed by atoms with van der Waals surface area (Å²) >= 11 is 0. The first-order chi connectivity index (χ1) is 9.93. The third-order valence-corrected chi connectivity index (χ3v) is 5.91. The van der Waals surface area contributed by atoms with Crippen LogP contribution in [-0.4, -0.2) is 5.78 Å². The monoisotopic (exact) mass is 280 g/mol. The van der Waals surface area contributed by atoms with Crippen LogP contribution in [0.2, 0.25) is 0 Å². The number of aryl methyl sites for hydroxylation is 1. The van der Waals surface area contributed by atoms with Gasteiger partial charge in [-0.15, -0.1) is 0 Å². The van der Waals surface area contributed by atoms with Crippen LogP contribution in [0.25, 0.3) is 0 Å². The largest absolute Gasteiger partial charge is 0.299 e. The molecular weight excluding hydrogens is 256 g/mol. The van der Waals surface area contributed by atoms with Crippen molar-refractivity contribution in [2.45, 2.75) is 57.3 Å². The minimum Gasteiger partial charge on any atom is -0.299 e. The van der Waals surface area contributed by atoms with Gasteiger partial charge in [0.1, 0.15) is 5.78 Å². The first-order valence-electron chi connectivity index (χ1n) is 8.27. The second kappa shape index (κ2) is 4.09. The van der Waals surface area contributed by atoms with Gasteiger partial charge in [0, 0.05) is 6.42 Å². The molecule has 110 valence electrons. The number of rotatable bonds is 0. The fourth-order valence-electron chi connectivity index (χ4n) is 5.04. The molecule has 1 aromatic rings. The van der Waals surface area contributed by atoms with E-state index >= 15 is 0 Å². The standard InChI is InChI=1S/C20H24O/c1-19(2,3)16-6-4-5-14-8-10-17(21)20(18(14)16)12-13-7-9-15(20)11-13/h4-7,9,13,15H,8,10-12H2,1-3H3. The SMILES string of the molecule is CC(C)(C)c1cccc2c1C1(CC3C=CC1C3)C(=O)CC2. The predicted molar refractivity (Wildman–Crippen MR) is 85.5 cm³/mol. The summed E-state index contributed by atoms with van der Waals surface area (Å²) < 4.78 is 0. The number of allylic oxidation sites excluding steroid dienone is 2. The van der Waals surface area contributed by atoms with E-state index in [9.17, 15) is 4.79 Å². The highest BCUT2D eigenvalue weighted by atomic mass is 16.1. The molecule has 0 N–H and O–H groups in total. The lowest BCUT2D eigenvalue weighted by atomic mass is 9.59. The average molecular weight is 280 g/mol. The number of Topliss-reactive ketones (excluding diaryl/α,β-unsaturated/α-hetero) is 1. The summed E-state index contributed by atoms with van der Waals surface area (Å²) in [5, 5.41) is 0. The Morgan fingerprint density at radius 1 is 1.14 bits per heavy atom. The molecule has 1 nitrogen and oxygen atoms in total. The molecule has 0 amide bonds. The number of hydrogen-bond acceptors (Lipinski definition) is 1. The first-order valence-corrected chi connectivity index (χ1v) is 8.27.